The van der Waals surface area contributed by atoms with Gasteiger partial charge in [-0.05, 0) is 12.3 Å². The fourth-order valence-electron chi connectivity index (χ4n) is 0.995. The van der Waals surface area contributed by atoms with E-state index in [1.165, 1.54) is 0 Å². The first-order valence-electron chi connectivity index (χ1n) is 4.29. The second kappa shape index (κ2) is 6.02. The summed E-state index contributed by atoms with van der Waals surface area (Å²) in [5.74, 6) is -23.6. The zero-order valence-electron chi connectivity index (χ0n) is 8.84. The first kappa shape index (κ1) is 20.0. The molecule has 0 nitrogen and oxygen atoms in total. The Bertz CT molecular complexity index is 248. The first-order valence-corrected chi connectivity index (χ1v) is 7.35. The molecule has 0 aromatic carbocycles. The summed E-state index contributed by atoms with van der Waals surface area (Å²) in [5.41, 5.74) is 0. The highest BCUT2D eigenvalue weighted by Crippen LogP contribution is 2.69. The Kier molecular flexibility index (Phi) is 6.03. The number of rotatable bonds is 3. The van der Waals surface area contributed by atoms with Gasteiger partial charge in [0, 0.05) is 0 Å². The molecule has 0 saturated heterocycles. The van der Waals surface area contributed by atoms with Gasteiger partial charge in [-0.2, -0.15) is 52.7 Å². The van der Waals surface area contributed by atoms with Crippen LogP contribution in [-0.2, 0) is 0 Å². The molecule has 0 unspecified atom stereocenters. The maximum Gasteiger partial charge on any atom is 0.413 e. The van der Waals surface area contributed by atoms with Gasteiger partial charge >= 0.3 is 23.7 Å². The molecule has 0 aromatic heterocycles. The maximum absolute atomic E-state index is 12.0. The largest absolute Gasteiger partial charge is 0.413 e. The molecule has 0 aromatic rings. The first-order chi connectivity index (χ1) is 8.47. The van der Waals surface area contributed by atoms with Crippen LogP contribution in [0.5, 0.6) is 0 Å². The Morgan fingerprint density at radius 3 is 0.650 bits per heavy atom. The summed E-state index contributed by atoms with van der Waals surface area (Å²) in [6.45, 7) is 0. The Hall–Kier alpha value is 0.0200. The monoisotopic (exact) mass is 366 g/mol. The summed E-state index contributed by atoms with van der Waals surface area (Å²) in [6, 6.07) is 0. The molecular formula is C6H4F12P2. The minimum atomic E-state index is -5.90. The molecule has 0 radical (unpaired) electrons. The fraction of sp³-hybridized carbons (Fsp3) is 1.00. The zero-order valence-corrected chi connectivity index (χ0v) is 10.6. The van der Waals surface area contributed by atoms with Crippen LogP contribution < -0.4 is 0 Å². The summed E-state index contributed by atoms with van der Waals surface area (Å²) in [6.07, 6.45) is -4.51. The van der Waals surface area contributed by atoms with Crippen molar-refractivity contribution in [1.82, 2.24) is 0 Å². The minimum absolute atomic E-state index is 2.26. The Balaban J connectivity index is 5.10. The van der Waals surface area contributed by atoms with Crippen molar-refractivity contribution in [3.05, 3.63) is 0 Å². The zero-order chi connectivity index (χ0) is 16.6. The molecule has 14 heteroatoms. The molecule has 0 atom stereocenters. The van der Waals surface area contributed by atoms with Gasteiger partial charge in [-0.25, -0.2) is 0 Å². The summed E-state index contributed by atoms with van der Waals surface area (Å²) >= 11 is 0. The Morgan fingerprint density at radius 1 is 0.400 bits per heavy atom. The predicted octanol–water partition coefficient (Wildman–Crippen LogP) is 6.03. The number of hydrogen-bond donors (Lipinski definition) is 0. The van der Waals surface area contributed by atoms with Gasteiger partial charge in [0.15, 0.2) is 0 Å². The summed E-state index contributed by atoms with van der Waals surface area (Å²) in [7, 11) is -9.91. The van der Waals surface area contributed by atoms with E-state index in [0.29, 0.717) is 0 Å². The van der Waals surface area contributed by atoms with Crippen molar-refractivity contribution < 1.29 is 52.7 Å². The van der Waals surface area contributed by atoms with Gasteiger partial charge in [0.2, 0.25) is 0 Å². The summed E-state index contributed by atoms with van der Waals surface area (Å²) < 4.78 is 144. The molecule has 0 aliphatic rings. The van der Waals surface area contributed by atoms with Crippen LogP contribution in [0.4, 0.5) is 52.7 Å². The smallest absolute Gasteiger partial charge is 0.167 e. The number of halogens is 12. The minimum Gasteiger partial charge on any atom is -0.167 e. The van der Waals surface area contributed by atoms with Crippen LogP contribution >= 0.6 is 15.8 Å². The average molecular weight is 366 g/mol. The molecular weight excluding hydrogens is 362 g/mol. The highest BCUT2D eigenvalue weighted by atomic mass is 31.1. The molecule has 0 aliphatic carbocycles. The van der Waals surface area contributed by atoms with Gasteiger partial charge in [0.25, 0.3) is 0 Å². The van der Waals surface area contributed by atoms with Crippen molar-refractivity contribution in [2.45, 2.75) is 23.7 Å². The van der Waals surface area contributed by atoms with Crippen LogP contribution in [0.3, 0.4) is 0 Å². The van der Waals surface area contributed by atoms with E-state index in [0.717, 1.165) is 0 Å². The fourth-order valence-corrected chi connectivity index (χ4v) is 4.18. The molecule has 0 saturated carbocycles. The van der Waals surface area contributed by atoms with Crippen molar-refractivity contribution in [3.63, 3.8) is 0 Å². The van der Waals surface area contributed by atoms with Crippen LogP contribution in [0.2, 0.25) is 0 Å². The van der Waals surface area contributed by atoms with Crippen molar-refractivity contribution in [1.29, 1.82) is 0 Å². The van der Waals surface area contributed by atoms with Gasteiger partial charge in [-0.3, -0.25) is 0 Å². The van der Waals surface area contributed by atoms with E-state index in [-0.39, 0.29) is 0 Å². The molecule has 0 N–H and O–H groups in total. The van der Waals surface area contributed by atoms with Crippen molar-refractivity contribution in [2.75, 3.05) is 12.3 Å². The molecule has 20 heavy (non-hydrogen) atoms. The van der Waals surface area contributed by atoms with Crippen LogP contribution in [0, 0.1) is 0 Å². The van der Waals surface area contributed by atoms with Gasteiger partial charge < -0.3 is 0 Å². The van der Waals surface area contributed by atoms with Crippen LogP contribution in [0.15, 0.2) is 0 Å². The molecule has 0 fully saturated rings. The van der Waals surface area contributed by atoms with E-state index in [9.17, 15) is 52.7 Å². The molecule has 0 aliphatic heterocycles. The van der Waals surface area contributed by atoms with Crippen LogP contribution in [0.25, 0.3) is 0 Å². The van der Waals surface area contributed by atoms with E-state index < -0.39 is 51.8 Å². The SMILES string of the molecule is FC(F)(F)P(CCP(C(F)(F)F)C(F)(F)F)C(F)(F)F. The van der Waals surface area contributed by atoms with E-state index in [4.69, 9.17) is 0 Å². The third-order valence-electron chi connectivity index (χ3n) is 1.77. The lowest BCUT2D eigenvalue weighted by Gasteiger charge is -2.27. The van der Waals surface area contributed by atoms with E-state index in [1.54, 1.807) is 0 Å². The lowest BCUT2D eigenvalue weighted by atomic mass is 11.0. The lowest BCUT2D eigenvalue weighted by Crippen LogP contribution is -2.25. The van der Waals surface area contributed by atoms with E-state index >= 15 is 0 Å². The maximum atomic E-state index is 12.0. The van der Waals surface area contributed by atoms with Gasteiger partial charge in [-0.1, -0.05) is 0 Å². The second-order valence-corrected chi connectivity index (χ2v) is 7.81. The van der Waals surface area contributed by atoms with Crippen molar-refractivity contribution >= 4 is 15.8 Å². The Morgan fingerprint density at radius 2 is 0.550 bits per heavy atom. The third kappa shape index (κ3) is 6.20. The average Bonchev–Trinajstić information content (AvgIpc) is 2.02. The highest BCUT2D eigenvalue weighted by molar-refractivity contribution is 7.63. The topological polar surface area (TPSA) is 0 Å². The molecule has 0 rings (SSSR count). The molecule has 0 spiro atoms. The molecule has 0 heterocycles. The van der Waals surface area contributed by atoms with E-state index in [1.807, 2.05) is 0 Å². The van der Waals surface area contributed by atoms with Crippen molar-refractivity contribution in [2.24, 2.45) is 0 Å². The standard InChI is InChI=1S/C6H4F12P2/c7-3(8,9)19(4(10,11)12)1-2-20(5(13,14)15)6(16,17)18/h1-2H2. The number of alkyl halides is 12. The van der Waals surface area contributed by atoms with Crippen molar-refractivity contribution in [3.8, 4) is 0 Å². The normalized spacial score (nSPS) is 15.3. The number of hydrogen-bond acceptors (Lipinski definition) is 0. The summed E-state index contributed by atoms with van der Waals surface area (Å²) in [4.78, 5) is 0. The molecule has 0 bridgehead atoms. The molecule has 0 amide bonds. The second-order valence-electron chi connectivity index (χ2n) is 3.17. The van der Waals surface area contributed by atoms with Crippen LogP contribution in [-0.4, -0.2) is 36.0 Å². The Labute approximate surface area is 106 Å². The predicted molar refractivity (Wildman–Crippen MR) is 47.8 cm³/mol. The van der Waals surface area contributed by atoms with E-state index in [2.05, 4.69) is 0 Å². The van der Waals surface area contributed by atoms with Gasteiger partial charge in [0.1, 0.15) is 15.8 Å². The van der Waals surface area contributed by atoms with Gasteiger partial charge in [0.05, 0.1) is 0 Å². The molecule has 122 valence electrons. The quantitative estimate of drug-likeness (QED) is 0.423. The summed E-state index contributed by atoms with van der Waals surface area (Å²) in [5, 5.41) is 0. The highest BCUT2D eigenvalue weighted by Gasteiger charge is 2.60. The van der Waals surface area contributed by atoms with Gasteiger partial charge in [-0.15, -0.1) is 0 Å². The van der Waals surface area contributed by atoms with Crippen LogP contribution in [0.1, 0.15) is 0 Å². The lowest BCUT2D eigenvalue weighted by molar-refractivity contribution is -0.0868. The third-order valence-corrected chi connectivity index (χ3v) is 5.91.